The molecule has 1 radical (unpaired) electrons. The van der Waals surface area contributed by atoms with Gasteiger partial charge in [-0.1, -0.05) is 18.2 Å². The van der Waals surface area contributed by atoms with E-state index in [0.717, 1.165) is 6.07 Å². The summed E-state index contributed by atoms with van der Waals surface area (Å²) in [6.45, 7) is 0. The summed E-state index contributed by atoms with van der Waals surface area (Å²) >= 11 is 0. The molecule has 0 N–H and O–H groups in total. The zero-order valence-electron chi connectivity index (χ0n) is 8.76. The van der Waals surface area contributed by atoms with Crippen molar-refractivity contribution >= 4 is 0 Å². The Hall–Kier alpha value is -1.26. The van der Waals surface area contributed by atoms with Crippen molar-refractivity contribution in [3.05, 3.63) is 54.0 Å². The van der Waals surface area contributed by atoms with Crippen LogP contribution in [0, 0.1) is 11.9 Å². The largest absolute Gasteiger partial charge is 0.381 e. The maximum Gasteiger partial charge on any atom is 0.381 e. The second-order valence-corrected chi connectivity index (χ2v) is 3.32. The molecule has 2 aromatic rings. The first kappa shape index (κ1) is 14.8. The third kappa shape index (κ3) is 3.15. The molecule has 0 fully saturated rings. The van der Waals surface area contributed by atoms with Crippen molar-refractivity contribution < 1.29 is 37.7 Å². The van der Waals surface area contributed by atoms with Gasteiger partial charge in [0.2, 0.25) is 0 Å². The summed E-state index contributed by atoms with van der Waals surface area (Å²) in [5.41, 5.74) is -1.21. The Morgan fingerprint density at radius 1 is 1.17 bits per heavy atom. The number of alkyl halides is 3. The molecule has 1 aromatic heterocycles. The van der Waals surface area contributed by atoms with E-state index in [2.05, 4.69) is 11.1 Å². The van der Waals surface area contributed by atoms with Crippen molar-refractivity contribution in [1.29, 1.82) is 0 Å². The van der Waals surface area contributed by atoms with Crippen molar-refractivity contribution in [1.82, 2.24) is 4.98 Å². The Balaban J connectivity index is 0.00000162. The topological polar surface area (TPSA) is 12.9 Å². The predicted molar refractivity (Wildman–Crippen MR) is 53.5 cm³/mol. The Labute approximate surface area is 114 Å². The molecule has 1 aromatic carbocycles. The molecule has 0 spiro atoms. The summed E-state index contributed by atoms with van der Waals surface area (Å²) in [7, 11) is 0. The third-order valence-corrected chi connectivity index (χ3v) is 2.13. The van der Waals surface area contributed by atoms with E-state index >= 15 is 0 Å². The molecule has 0 bridgehead atoms. The average molecular weight is 432 g/mol. The van der Waals surface area contributed by atoms with Crippen LogP contribution in [0.3, 0.4) is 0 Å². The summed E-state index contributed by atoms with van der Waals surface area (Å²) in [6.07, 6.45) is -3.27. The Morgan fingerprint density at radius 2 is 1.89 bits per heavy atom. The standard InChI is InChI=1S/C12H6F4N.Ir/c13-8-4-5-9(10(7-8)12(14,15)16)11-3-1-2-6-17-11;/h1-4,6-7H;/q-1;. The zero-order valence-corrected chi connectivity index (χ0v) is 11.2. The van der Waals surface area contributed by atoms with E-state index in [1.165, 1.54) is 12.3 Å². The number of hydrogen-bond acceptors (Lipinski definition) is 1. The van der Waals surface area contributed by atoms with Gasteiger partial charge in [-0.25, -0.2) is 0 Å². The van der Waals surface area contributed by atoms with E-state index in [-0.39, 0.29) is 31.4 Å². The minimum Gasteiger partial charge on any atom is -0.305 e. The molecule has 18 heavy (non-hydrogen) atoms. The van der Waals surface area contributed by atoms with Gasteiger partial charge in [-0.05, 0) is 17.3 Å². The molecule has 1 heterocycles. The molecule has 1 nitrogen and oxygen atoms in total. The summed E-state index contributed by atoms with van der Waals surface area (Å²) in [6, 6.07) is 8.13. The van der Waals surface area contributed by atoms with E-state index in [9.17, 15) is 17.6 Å². The van der Waals surface area contributed by atoms with Gasteiger partial charge in [0.1, 0.15) is 0 Å². The molecule has 0 saturated heterocycles. The molecule has 0 unspecified atom stereocenters. The molecule has 0 aliphatic carbocycles. The van der Waals surface area contributed by atoms with Crippen LogP contribution in [0.5, 0.6) is 0 Å². The van der Waals surface area contributed by atoms with Gasteiger partial charge in [0.15, 0.2) is 0 Å². The van der Waals surface area contributed by atoms with Gasteiger partial charge in [0.25, 0.3) is 0 Å². The van der Waals surface area contributed by atoms with Gasteiger partial charge in [-0.3, -0.25) is 4.39 Å². The van der Waals surface area contributed by atoms with Gasteiger partial charge in [0, 0.05) is 32.1 Å². The van der Waals surface area contributed by atoms with Crippen molar-refractivity contribution in [3.63, 3.8) is 0 Å². The molecule has 0 aliphatic heterocycles. The van der Waals surface area contributed by atoms with E-state index < -0.39 is 17.6 Å². The van der Waals surface area contributed by atoms with Gasteiger partial charge in [0.05, 0.1) is 0 Å². The maximum atomic E-state index is 12.8. The van der Waals surface area contributed by atoms with Crippen LogP contribution in [0.2, 0.25) is 0 Å². The van der Waals surface area contributed by atoms with Crippen molar-refractivity contribution in [2.75, 3.05) is 0 Å². The second-order valence-electron chi connectivity index (χ2n) is 3.32. The second kappa shape index (κ2) is 5.59. The van der Waals surface area contributed by atoms with Crippen molar-refractivity contribution in [3.8, 4) is 11.3 Å². The number of rotatable bonds is 1. The molecule has 2 rings (SSSR count). The monoisotopic (exact) mass is 433 g/mol. The number of aromatic nitrogens is 1. The Kier molecular flexibility index (Phi) is 4.59. The maximum absolute atomic E-state index is 12.8. The van der Waals surface area contributed by atoms with E-state index in [1.807, 2.05) is 0 Å². The first-order chi connectivity index (χ1) is 7.98. The van der Waals surface area contributed by atoms with Gasteiger partial charge in [-0.15, -0.1) is 17.7 Å². The van der Waals surface area contributed by atoms with Crippen LogP contribution in [0.4, 0.5) is 17.6 Å². The number of benzene rings is 1. The van der Waals surface area contributed by atoms with Crippen LogP contribution in [0.25, 0.3) is 11.3 Å². The first-order valence-corrected chi connectivity index (χ1v) is 4.68. The number of hydrogen-bond donors (Lipinski definition) is 0. The number of pyridine rings is 1. The fourth-order valence-corrected chi connectivity index (χ4v) is 1.42. The van der Waals surface area contributed by atoms with Crippen molar-refractivity contribution in [2.24, 2.45) is 0 Å². The Bertz CT molecular complexity index is 525. The molecule has 0 saturated carbocycles. The number of nitrogens with zero attached hydrogens (tertiary/aromatic N) is 1. The molecule has 0 atom stereocenters. The van der Waals surface area contributed by atoms with Crippen LogP contribution >= 0.6 is 0 Å². The molecule has 97 valence electrons. The molecular weight excluding hydrogens is 426 g/mol. The van der Waals surface area contributed by atoms with Gasteiger partial charge < -0.3 is 4.98 Å². The molecule has 0 aliphatic rings. The van der Waals surface area contributed by atoms with Crippen LogP contribution in [-0.4, -0.2) is 4.98 Å². The summed E-state index contributed by atoms with van der Waals surface area (Å²) in [5.74, 6) is -0.975. The van der Waals surface area contributed by atoms with Gasteiger partial charge in [-0.2, -0.15) is 13.2 Å². The summed E-state index contributed by atoms with van der Waals surface area (Å²) in [4.78, 5) is 3.80. The first-order valence-electron chi connectivity index (χ1n) is 4.68. The van der Waals surface area contributed by atoms with Crippen LogP contribution < -0.4 is 0 Å². The zero-order chi connectivity index (χ0) is 12.5. The smallest absolute Gasteiger partial charge is 0.305 e. The molecular formula is C12H6F4IrN-. The predicted octanol–water partition coefficient (Wildman–Crippen LogP) is 3.70. The minimum atomic E-state index is -4.63. The van der Waals surface area contributed by atoms with Gasteiger partial charge >= 0.3 is 6.18 Å². The molecule has 6 heteroatoms. The van der Waals surface area contributed by atoms with Crippen LogP contribution in [0.1, 0.15) is 5.56 Å². The van der Waals surface area contributed by atoms with Crippen molar-refractivity contribution in [2.45, 2.75) is 6.18 Å². The average Bonchev–Trinajstić information content (AvgIpc) is 2.29. The quantitative estimate of drug-likeness (QED) is 0.495. The summed E-state index contributed by atoms with van der Waals surface area (Å²) < 4.78 is 50.9. The van der Waals surface area contributed by atoms with Crippen LogP contribution in [-0.2, 0) is 26.3 Å². The van der Waals surface area contributed by atoms with E-state index in [4.69, 9.17) is 0 Å². The SMILES string of the molecule is Fc1c[c-]c(-c2ccccn2)c(C(F)(F)F)c1.[Ir]. The van der Waals surface area contributed by atoms with Crippen LogP contribution in [0.15, 0.2) is 36.5 Å². The fourth-order valence-electron chi connectivity index (χ4n) is 1.42. The number of halogens is 4. The van der Waals surface area contributed by atoms with E-state index in [1.54, 1.807) is 12.1 Å². The normalized spacial score (nSPS) is 10.9. The third-order valence-electron chi connectivity index (χ3n) is 2.13. The fraction of sp³-hybridized carbons (Fsp3) is 0.0833. The molecule has 0 amide bonds. The Morgan fingerprint density at radius 3 is 2.44 bits per heavy atom. The van der Waals surface area contributed by atoms with E-state index in [0.29, 0.717) is 6.07 Å². The summed E-state index contributed by atoms with van der Waals surface area (Å²) in [5, 5.41) is 0. The minimum absolute atomic E-state index is 0.